The predicted octanol–water partition coefficient (Wildman–Crippen LogP) is 1.98. The molecule has 5 nitrogen and oxygen atoms in total. The number of nitrogens with two attached hydrogens (primary N) is 1. The van der Waals surface area contributed by atoms with Gasteiger partial charge >= 0.3 is 0 Å². The number of rotatable bonds is 7. The second-order valence-electron chi connectivity index (χ2n) is 6.08. The zero-order valence-electron chi connectivity index (χ0n) is 13.2. The number of aryl methyl sites for hydroxylation is 1. The van der Waals surface area contributed by atoms with E-state index < -0.39 is 10.0 Å². The SMILES string of the molecule is Cc1ccc(OCCOCCS(N)(=O)=O)c(C(C)(C)C)c1. The highest BCUT2D eigenvalue weighted by Crippen LogP contribution is 2.32. The number of hydrogen-bond acceptors (Lipinski definition) is 4. The standard InChI is InChI=1S/C15H25NO4S/c1-12-5-6-14(13(11-12)15(2,3)4)20-8-7-19-9-10-21(16,17)18/h5-6,11H,7-10H2,1-4H3,(H2,16,17,18). The molecule has 1 aromatic rings. The van der Waals surface area contributed by atoms with E-state index >= 15 is 0 Å². The molecular formula is C15H25NO4S. The summed E-state index contributed by atoms with van der Waals surface area (Å²) in [7, 11) is -3.46. The fraction of sp³-hybridized carbons (Fsp3) is 0.600. The van der Waals surface area contributed by atoms with Crippen molar-refractivity contribution in [2.24, 2.45) is 5.14 Å². The maximum Gasteiger partial charge on any atom is 0.211 e. The van der Waals surface area contributed by atoms with Crippen LogP contribution in [0.4, 0.5) is 0 Å². The first-order valence-electron chi connectivity index (χ1n) is 6.92. The van der Waals surface area contributed by atoms with Gasteiger partial charge in [0.15, 0.2) is 0 Å². The van der Waals surface area contributed by atoms with Gasteiger partial charge in [0.1, 0.15) is 12.4 Å². The fourth-order valence-electron chi connectivity index (χ4n) is 1.84. The van der Waals surface area contributed by atoms with Crippen molar-refractivity contribution in [2.45, 2.75) is 33.1 Å². The van der Waals surface area contributed by atoms with Gasteiger partial charge in [0.2, 0.25) is 10.0 Å². The van der Waals surface area contributed by atoms with Gasteiger partial charge in [-0.05, 0) is 24.0 Å². The molecule has 0 aliphatic carbocycles. The zero-order valence-corrected chi connectivity index (χ0v) is 14.0. The van der Waals surface area contributed by atoms with Crippen LogP contribution in [-0.2, 0) is 20.2 Å². The van der Waals surface area contributed by atoms with E-state index in [1.807, 2.05) is 12.1 Å². The second kappa shape index (κ2) is 7.24. The minimum atomic E-state index is -3.46. The molecule has 1 rings (SSSR count). The molecule has 0 atom stereocenters. The van der Waals surface area contributed by atoms with Crippen LogP contribution < -0.4 is 9.88 Å². The summed E-state index contributed by atoms with van der Waals surface area (Å²) in [6, 6.07) is 6.09. The smallest absolute Gasteiger partial charge is 0.211 e. The van der Waals surface area contributed by atoms with E-state index in [1.54, 1.807) is 0 Å². The molecule has 0 saturated carbocycles. The predicted molar refractivity (Wildman–Crippen MR) is 84.2 cm³/mol. The third-order valence-corrected chi connectivity index (χ3v) is 3.68. The minimum Gasteiger partial charge on any atom is -0.491 e. The minimum absolute atomic E-state index is 0.00413. The highest BCUT2D eigenvalue weighted by Gasteiger charge is 2.19. The largest absolute Gasteiger partial charge is 0.491 e. The van der Waals surface area contributed by atoms with Crippen molar-refractivity contribution in [1.29, 1.82) is 0 Å². The van der Waals surface area contributed by atoms with Crippen LogP contribution in [0.15, 0.2) is 18.2 Å². The molecule has 0 radical (unpaired) electrons. The second-order valence-corrected chi connectivity index (χ2v) is 7.81. The lowest BCUT2D eigenvalue weighted by Gasteiger charge is -2.23. The van der Waals surface area contributed by atoms with Crippen molar-refractivity contribution in [3.05, 3.63) is 29.3 Å². The van der Waals surface area contributed by atoms with Crippen molar-refractivity contribution >= 4 is 10.0 Å². The van der Waals surface area contributed by atoms with Crippen LogP contribution in [0.1, 0.15) is 31.9 Å². The number of benzene rings is 1. The van der Waals surface area contributed by atoms with Crippen LogP contribution in [0.5, 0.6) is 5.75 Å². The van der Waals surface area contributed by atoms with Gasteiger partial charge in [-0.3, -0.25) is 0 Å². The summed E-state index contributed by atoms with van der Waals surface area (Å²) in [5.74, 6) is 0.660. The van der Waals surface area contributed by atoms with Crippen LogP contribution in [-0.4, -0.2) is 34.0 Å². The molecule has 6 heteroatoms. The summed E-state index contributed by atoms with van der Waals surface area (Å²) < 4.78 is 32.4. The summed E-state index contributed by atoms with van der Waals surface area (Å²) in [6.45, 7) is 9.24. The van der Waals surface area contributed by atoms with E-state index in [0.29, 0.717) is 13.2 Å². The van der Waals surface area contributed by atoms with E-state index in [-0.39, 0.29) is 17.8 Å². The van der Waals surface area contributed by atoms with Crippen molar-refractivity contribution in [3.8, 4) is 5.75 Å². The first-order chi connectivity index (χ1) is 9.59. The van der Waals surface area contributed by atoms with Gasteiger partial charge in [0.05, 0.1) is 19.0 Å². The summed E-state index contributed by atoms with van der Waals surface area (Å²) in [5, 5.41) is 4.88. The Morgan fingerprint density at radius 1 is 1.14 bits per heavy atom. The number of ether oxygens (including phenoxy) is 2. The maximum absolute atomic E-state index is 10.7. The Bertz CT molecular complexity index is 562. The molecule has 0 aromatic heterocycles. The van der Waals surface area contributed by atoms with Crippen LogP contribution in [0, 0.1) is 6.92 Å². The van der Waals surface area contributed by atoms with Crippen LogP contribution in [0.3, 0.4) is 0 Å². The topological polar surface area (TPSA) is 78.6 Å². The molecule has 0 bridgehead atoms. The lowest BCUT2D eigenvalue weighted by molar-refractivity contribution is 0.110. The Morgan fingerprint density at radius 2 is 1.81 bits per heavy atom. The van der Waals surface area contributed by atoms with Crippen molar-refractivity contribution < 1.29 is 17.9 Å². The highest BCUT2D eigenvalue weighted by molar-refractivity contribution is 7.89. The summed E-state index contributed by atoms with van der Waals surface area (Å²) in [5.41, 5.74) is 2.33. The lowest BCUT2D eigenvalue weighted by atomic mass is 9.85. The van der Waals surface area contributed by atoms with Gasteiger partial charge in [-0.1, -0.05) is 38.5 Å². The third-order valence-electron chi connectivity index (χ3n) is 2.94. The Balaban J connectivity index is 2.49. The number of primary sulfonamides is 1. The molecule has 0 saturated heterocycles. The van der Waals surface area contributed by atoms with Crippen LogP contribution in [0.2, 0.25) is 0 Å². The Morgan fingerprint density at radius 3 is 2.38 bits per heavy atom. The van der Waals surface area contributed by atoms with Crippen molar-refractivity contribution in [3.63, 3.8) is 0 Å². The molecule has 0 fully saturated rings. The third kappa shape index (κ3) is 6.93. The van der Waals surface area contributed by atoms with Gasteiger partial charge in [-0.2, -0.15) is 0 Å². The Kier molecular flexibility index (Phi) is 6.19. The summed E-state index contributed by atoms with van der Waals surface area (Å²) >= 11 is 0. The van der Waals surface area contributed by atoms with Gasteiger partial charge in [0, 0.05) is 0 Å². The quantitative estimate of drug-likeness (QED) is 0.780. The first kappa shape index (κ1) is 17.9. The van der Waals surface area contributed by atoms with Gasteiger partial charge < -0.3 is 9.47 Å². The molecular weight excluding hydrogens is 290 g/mol. The fourth-order valence-corrected chi connectivity index (χ4v) is 2.19. The molecule has 21 heavy (non-hydrogen) atoms. The van der Waals surface area contributed by atoms with E-state index in [1.165, 1.54) is 5.56 Å². The van der Waals surface area contributed by atoms with E-state index in [0.717, 1.165) is 11.3 Å². The molecule has 0 amide bonds. The van der Waals surface area contributed by atoms with Gasteiger partial charge in [0.25, 0.3) is 0 Å². The molecule has 0 unspecified atom stereocenters. The average Bonchev–Trinajstić information content (AvgIpc) is 2.32. The van der Waals surface area contributed by atoms with E-state index in [9.17, 15) is 8.42 Å². The molecule has 0 aliphatic heterocycles. The van der Waals surface area contributed by atoms with E-state index in [4.69, 9.17) is 14.6 Å². The van der Waals surface area contributed by atoms with Crippen molar-refractivity contribution in [1.82, 2.24) is 0 Å². The van der Waals surface area contributed by atoms with E-state index in [2.05, 4.69) is 33.8 Å². The Hall–Kier alpha value is -1.11. The average molecular weight is 315 g/mol. The molecule has 0 spiro atoms. The van der Waals surface area contributed by atoms with Crippen molar-refractivity contribution in [2.75, 3.05) is 25.6 Å². The zero-order chi connectivity index (χ0) is 16.1. The molecule has 2 N–H and O–H groups in total. The molecule has 0 aliphatic rings. The highest BCUT2D eigenvalue weighted by atomic mass is 32.2. The first-order valence-corrected chi connectivity index (χ1v) is 8.63. The summed E-state index contributed by atoms with van der Waals surface area (Å²) in [6.07, 6.45) is 0. The normalized spacial score (nSPS) is 12.4. The monoisotopic (exact) mass is 315 g/mol. The molecule has 120 valence electrons. The Labute approximate surface area is 127 Å². The number of hydrogen-bond donors (Lipinski definition) is 1. The van der Waals surface area contributed by atoms with Gasteiger partial charge in [-0.25, -0.2) is 13.6 Å². The maximum atomic E-state index is 10.7. The number of sulfonamides is 1. The molecule has 0 heterocycles. The molecule has 1 aromatic carbocycles. The van der Waals surface area contributed by atoms with Crippen LogP contribution in [0.25, 0.3) is 0 Å². The van der Waals surface area contributed by atoms with Crippen LogP contribution >= 0.6 is 0 Å². The van der Waals surface area contributed by atoms with Gasteiger partial charge in [-0.15, -0.1) is 0 Å². The summed E-state index contributed by atoms with van der Waals surface area (Å²) in [4.78, 5) is 0. The lowest BCUT2D eigenvalue weighted by Crippen LogP contribution is -2.21.